The van der Waals surface area contributed by atoms with Crippen molar-refractivity contribution in [3.8, 4) is 89.5 Å². The van der Waals surface area contributed by atoms with Gasteiger partial charge in [-0.1, -0.05) is 279 Å². The van der Waals surface area contributed by atoms with E-state index in [1.807, 2.05) is 0 Å². The minimum Gasteiger partial charge on any atom is -0.310 e. The quantitative estimate of drug-likeness (QED) is 0.102. The number of aromatic nitrogens is 2. The molecule has 4 heteroatoms. The van der Waals surface area contributed by atoms with Gasteiger partial charge in [-0.05, 0) is 212 Å². The first kappa shape index (κ1) is 61.1. The summed E-state index contributed by atoms with van der Waals surface area (Å²) >= 11 is 0. The van der Waals surface area contributed by atoms with Gasteiger partial charge in [0.1, 0.15) is 0 Å². The van der Waals surface area contributed by atoms with Gasteiger partial charge in [0.15, 0.2) is 0 Å². The average Bonchev–Trinajstić information content (AvgIpc) is 1.56. The molecule has 0 N–H and O–H groups in total. The van der Waals surface area contributed by atoms with Gasteiger partial charge in [-0.2, -0.15) is 0 Å². The van der Waals surface area contributed by atoms with E-state index in [1.165, 1.54) is 99.3 Å². The van der Waals surface area contributed by atoms with Crippen LogP contribution in [-0.2, 0) is 0 Å². The van der Waals surface area contributed by atoms with Gasteiger partial charge in [0, 0.05) is 55.7 Å². The fourth-order valence-electron chi connectivity index (χ4n) is 15.6. The van der Waals surface area contributed by atoms with Crippen molar-refractivity contribution in [3.05, 3.63) is 399 Å². The van der Waals surface area contributed by atoms with Gasteiger partial charge in [-0.25, -0.2) is 0 Å². The molecule has 102 heavy (non-hydrogen) atoms. The van der Waals surface area contributed by atoms with Crippen molar-refractivity contribution in [2.75, 3.05) is 9.80 Å². The fourth-order valence-corrected chi connectivity index (χ4v) is 15.6. The molecule has 0 spiro atoms. The molecule has 0 saturated carbocycles. The number of nitrogens with zero attached hydrogens (tertiary/aromatic N) is 4. The van der Waals surface area contributed by atoms with E-state index >= 15 is 0 Å². The summed E-state index contributed by atoms with van der Waals surface area (Å²) in [7, 11) is 0. The van der Waals surface area contributed by atoms with Crippen molar-refractivity contribution in [1.29, 1.82) is 0 Å². The second-order valence-corrected chi connectivity index (χ2v) is 26.4. The zero-order valence-electron chi connectivity index (χ0n) is 56.7. The summed E-state index contributed by atoms with van der Waals surface area (Å²) in [5.41, 5.74) is 29.9. The summed E-state index contributed by atoms with van der Waals surface area (Å²) in [5, 5.41) is 7.16. The first-order chi connectivity index (χ1) is 50.5. The third kappa shape index (κ3) is 11.0. The molecule has 18 rings (SSSR count). The van der Waals surface area contributed by atoms with Crippen molar-refractivity contribution in [3.63, 3.8) is 0 Å². The van der Waals surface area contributed by atoms with Crippen molar-refractivity contribution in [2.45, 2.75) is 13.8 Å². The van der Waals surface area contributed by atoms with E-state index in [4.69, 9.17) is 0 Å². The average molecular weight is 1300 g/mol. The Morgan fingerprint density at radius 2 is 0.510 bits per heavy atom. The van der Waals surface area contributed by atoms with Crippen LogP contribution in [0.2, 0.25) is 0 Å². The molecule has 4 nitrogen and oxygen atoms in total. The predicted molar refractivity (Wildman–Crippen MR) is 432 cm³/mol. The van der Waals surface area contributed by atoms with E-state index < -0.39 is 0 Å². The van der Waals surface area contributed by atoms with Crippen molar-refractivity contribution in [1.82, 2.24) is 9.13 Å². The van der Waals surface area contributed by atoms with E-state index in [-0.39, 0.29) is 0 Å². The van der Waals surface area contributed by atoms with Gasteiger partial charge in [-0.15, -0.1) is 0 Å². The maximum absolute atomic E-state index is 2.47. The number of fused-ring (bicyclic) bond motifs is 4. The molecular formula is C98H70N4. The molecule has 2 heterocycles. The van der Waals surface area contributed by atoms with Crippen LogP contribution in [0.25, 0.3) is 133 Å². The molecule has 0 radical (unpaired) electrons. The molecule has 0 amide bonds. The molecule has 0 aliphatic rings. The van der Waals surface area contributed by atoms with Crippen LogP contribution in [0.3, 0.4) is 0 Å². The highest BCUT2D eigenvalue weighted by atomic mass is 15.2. The Balaban J connectivity index is 0.738. The van der Waals surface area contributed by atoms with Crippen molar-refractivity contribution >= 4 is 77.5 Å². The van der Waals surface area contributed by atoms with E-state index in [2.05, 4.69) is 421 Å². The number of hydrogen-bond acceptors (Lipinski definition) is 2. The lowest BCUT2D eigenvalue weighted by Crippen LogP contribution is -2.11. The molecule has 16 aromatic carbocycles. The van der Waals surface area contributed by atoms with Crippen LogP contribution in [0.15, 0.2) is 388 Å². The first-order valence-electron chi connectivity index (χ1n) is 35.1. The normalized spacial score (nSPS) is 11.4. The zero-order valence-corrected chi connectivity index (χ0v) is 56.7. The Bertz CT molecular complexity index is 5710. The van der Waals surface area contributed by atoms with Gasteiger partial charge in [0.2, 0.25) is 0 Å². The number of aryl methyl sites for hydroxylation is 2. The molecule has 0 aliphatic heterocycles. The van der Waals surface area contributed by atoms with Gasteiger partial charge >= 0.3 is 0 Å². The van der Waals surface area contributed by atoms with Crippen LogP contribution in [-0.4, -0.2) is 9.13 Å². The lowest BCUT2D eigenvalue weighted by atomic mass is 9.93. The second kappa shape index (κ2) is 26.2. The number of rotatable bonds is 15. The summed E-state index contributed by atoms with van der Waals surface area (Å²) in [6, 6.07) is 142. The molecule has 0 aliphatic carbocycles. The maximum atomic E-state index is 2.47. The molecule has 0 fully saturated rings. The van der Waals surface area contributed by atoms with Crippen LogP contribution in [0.1, 0.15) is 11.1 Å². The minimum absolute atomic E-state index is 1.06. The Morgan fingerprint density at radius 1 is 0.206 bits per heavy atom. The van der Waals surface area contributed by atoms with Gasteiger partial charge < -0.3 is 18.9 Å². The lowest BCUT2D eigenvalue weighted by Gasteiger charge is -2.28. The summed E-state index contributed by atoms with van der Waals surface area (Å²) in [6.45, 7) is 4.58. The standard InChI is InChI=1S/C98H70N4/c1-67-89-63-77(47-61-95(89)101(97(67)75-37-17-7-18-38-75)81-53-49-79(50-54-81)99(93-45-25-41-71-35-21-23-43-87(71)93)83-57-59-85(69-27-9-3-10-28-69)91(65-83)73-31-13-5-14-32-73)78-48-62-96-90(64-78)68(2)98(76-39-19-8-20-40-76)102(96)82-55-51-80(52-56-82)100(94-46-26-42-72-36-22-24-44-88(72)94)84-58-60-86(70-29-11-4-12-30-70)92(66-84)74-33-15-6-16-34-74/h3-66H,1-2H3. The predicted octanol–water partition coefficient (Wildman–Crippen LogP) is 27.1. The lowest BCUT2D eigenvalue weighted by molar-refractivity contribution is 1.12. The van der Waals surface area contributed by atoms with Crippen LogP contribution in [0, 0.1) is 13.8 Å². The zero-order chi connectivity index (χ0) is 68.0. The number of hydrogen-bond donors (Lipinski definition) is 0. The molecule has 0 atom stereocenters. The summed E-state index contributed by atoms with van der Waals surface area (Å²) in [6.07, 6.45) is 0. The summed E-state index contributed by atoms with van der Waals surface area (Å²) in [5.74, 6) is 0. The SMILES string of the molecule is Cc1c(-c2ccccc2)n(-c2ccc(N(c3ccc(-c4ccccc4)c(-c4ccccc4)c3)c3cccc4ccccc34)cc2)c2ccc(-c3ccc4c(c3)c(C)c(-c3ccccc3)n4-c3ccc(N(c4ccc(-c5ccccc5)c(-c5ccccc5)c4)c4cccc5ccccc45)cc3)cc12. The Morgan fingerprint density at radius 3 is 0.873 bits per heavy atom. The number of benzene rings is 16. The van der Waals surface area contributed by atoms with E-state index in [9.17, 15) is 0 Å². The first-order valence-corrected chi connectivity index (χ1v) is 35.1. The van der Waals surface area contributed by atoms with Crippen LogP contribution < -0.4 is 9.80 Å². The molecule has 0 unspecified atom stereocenters. The fraction of sp³-hybridized carbons (Fsp3) is 0.0204. The monoisotopic (exact) mass is 1300 g/mol. The summed E-state index contributed by atoms with van der Waals surface area (Å²) < 4.78 is 4.93. The van der Waals surface area contributed by atoms with Crippen LogP contribution in [0.4, 0.5) is 34.1 Å². The highest BCUT2D eigenvalue weighted by molar-refractivity contribution is 6.04. The van der Waals surface area contributed by atoms with Crippen molar-refractivity contribution in [2.24, 2.45) is 0 Å². The smallest absolute Gasteiger partial charge is 0.0570 e. The van der Waals surface area contributed by atoms with Crippen LogP contribution in [0.5, 0.6) is 0 Å². The summed E-state index contributed by atoms with van der Waals surface area (Å²) in [4.78, 5) is 4.86. The second-order valence-electron chi connectivity index (χ2n) is 26.4. The third-order valence-corrected chi connectivity index (χ3v) is 20.5. The highest BCUT2D eigenvalue weighted by Gasteiger charge is 2.25. The largest absolute Gasteiger partial charge is 0.310 e. The van der Waals surface area contributed by atoms with Gasteiger partial charge in [0.25, 0.3) is 0 Å². The Hall–Kier alpha value is -13.3. The molecular weight excluding hydrogens is 1230 g/mol. The van der Waals surface area contributed by atoms with E-state index in [1.54, 1.807) is 0 Å². The molecule has 0 bridgehead atoms. The van der Waals surface area contributed by atoms with Crippen LogP contribution >= 0.6 is 0 Å². The molecule has 2 aromatic heterocycles. The Kier molecular flexibility index (Phi) is 15.7. The minimum atomic E-state index is 1.06. The van der Waals surface area contributed by atoms with E-state index in [0.29, 0.717) is 0 Å². The highest BCUT2D eigenvalue weighted by Crippen LogP contribution is 2.48. The third-order valence-electron chi connectivity index (χ3n) is 20.5. The number of anilines is 6. The maximum Gasteiger partial charge on any atom is 0.0570 e. The van der Waals surface area contributed by atoms with E-state index in [0.717, 1.165) is 78.8 Å². The molecule has 18 aromatic rings. The van der Waals surface area contributed by atoms with Crippen molar-refractivity contribution < 1.29 is 0 Å². The van der Waals surface area contributed by atoms with Gasteiger partial charge in [0.05, 0.1) is 33.8 Å². The topological polar surface area (TPSA) is 16.3 Å². The molecule has 482 valence electrons. The van der Waals surface area contributed by atoms with Gasteiger partial charge in [-0.3, -0.25) is 0 Å². The Labute approximate surface area is 595 Å². The molecule has 0 saturated heterocycles.